The van der Waals surface area contributed by atoms with Gasteiger partial charge in [0.15, 0.2) is 0 Å². The van der Waals surface area contributed by atoms with Gasteiger partial charge < -0.3 is 4.90 Å². The lowest BCUT2D eigenvalue weighted by Crippen LogP contribution is -2.57. The van der Waals surface area contributed by atoms with Crippen LogP contribution < -0.4 is 0 Å². The zero-order valence-corrected chi connectivity index (χ0v) is 9.93. The Morgan fingerprint density at radius 2 is 1.79 bits per heavy atom. The summed E-state index contributed by atoms with van der Waals surface area (Å²) in [6.45, 7) is 11.9. The summed E-state index contributed by atoms with van der Waals surface area (Å²) in [5.41, 5.74) is 0.374. The quantitative estimate of drug-likeness (QED) is 0.688. The summed E-state index contributed by atoms with van der Waals surface area (Å²) in [7, 11) is 0. The average molecular weight is 194 g/mol. The standard InChI is InChI=1S/C12H22N2/c1-5-12(6-2)9-14(10-12)8-11(3,4)7-13/h5-6,8-10H2,1-4H3. The Balaban J connectivity index is 2.39. The van der Waals surface area contributed by atoms with Gasteiger partial charge in [0.25, 0.3) is 0 Å². The molecule has 1 heterocycles. The van der Waals surface area contributed by atoms with Gasteiger partial charge in [0.2, 0.25) is 0 Å². The Morgan fingerprint density at radius 3 is 2.14 bits per heavy atom. The molecule has 0 aromatic carbocycles. The molecule has 0 unspecified atom stereocenters. The van der Waals surface area contributed by atoms with Gasteiger partial charge in [-0.05, 0) is 32.1 Å². The van der Waals surface area contributed by atoms with E-state index in [9.17, 15) is 0 Å². The molecule has 0 bridgehead atoms. The predicted molar refractivity (Wildman–Crippen MR) is 58.8 cm³/mol. The van der Waals surface area contributed by atoms with E-state index >= 15 is 0 Å². The fourth-order valence-electron chi connectivity index (χ4n) is 2.31. The van der Waals surface area contributed by atoms with Gasteiger partial charge in [-0.2, -0.15) is 5.26 Å². The maximum atomic E-state index is 8.93. The van der Waals surface area contributed by atoms with Crippen molar-refractivity contribution < 1.29 is 0 Å². The van der Waals surface area contributed by atoms with Crippen LogP contribution in [-0.2, 0) is 0 Å². The largest absolute Gasteiger partial charge is 0.301 e. The molecule has 1 rings (SSSR count). The number of hydrogen-bond donors (Lipinski definition) is 0. The Morgan fingerprint density at radius 1 is 1.29 bits per heavy atom. The maximum absolute atomic E-state index is 8.93. The molecule has 2 heteroatoms. The first kappa shape index (κ1) is 11.5. The van der Waals surface area contributed by atoms with Gasteiger partial charge in [-0.3, -0.25) is 0 Å². The van der Waals surface area contributed by atoms with Crippen LogP contribution in [0.2, 0.25) is 0 Å². The van der Waals surface area contributed by atoms with E-state index in [1.54, 1.807) is 0 Å². The Kier molecular flexibility index (Phi) is 3.21. The Hall–Kier alpha value is -0.550. The van der Waals surface area contributed by atoms with Crippen LogP contribution in [-0.4, -0.2) is 24.5 Å². The fourth-order valence-corrected chi connectivity index (χ4v) is 2.31. The second kappa shape index (κ2) is 3.90. The van der Waals surface area contributed by atoms with E-state index in [1.807, 2.05) is 13.8 Å². The van der Waals surface area contributed by atoms with Gasteiger partial charge in [0.05, 0.1) is 11.5 Å². The SMILES string of the molecule is CCC1(CC)CN(CC(C)(C)C#N)C1. The molecule has 0 radical (unpaired) electrons. The third-order valence-corrected chi connectivity index (χ3v) is 3.54. The average Bonchev–Trinajstić information content (AvgIpc) is 2.11. The predicted octanol–water partition coefficient (Wildman–Crippen LogP) is 2.66. The minimum atomic E-state index is -0.187. The molecule has 1 fully saturated rings. The summed E-state index contributed by atoms with van der Waals surface area (Å²) in [6, 6.07) is 2.36. The van der Waals surface area contributed by atoms with Crippen molar-refractivity contribution in [1.82, 2.24) is 4.90 Å². The van der Waals surface area contributed by atoms with E-state index < -0.39 is 0 Å². The minimum absolute atomic E-state index is 0.187. The highest BCUT2D eigenvalue weighted by molar-refractivity contribution is 5.00. The highest BCUT2D eigenvalue weighted by Gasteiger charge is 2.41. The van der Waals surface area contributed by atoms with Gasteiger partial charge in [0.1, 0.15) is 0 Å². The Labute approximate surface area is 87.9 Å². The second-order valence-corrected chi connectivity index (χ2v) is 5.35. The molecular weight excluding hydrogens is 172 g/mol. The molecule has 2 nitrogen and oxygen atoms in total. The van der Waals surface area contributed by atoms with E-state index in [1.165, 1.54) is 25.9 Å². The van der Waals surface area contributed by atoms with Gasteiger partial charge in [-0.1, -0.05) is 13.8 Å². The monoisotopic (exact) mass is 194 g/mol. The first-order chi connectivity index (χ1) is 6.47. The zero-order valence-electron chi connectivity index (χ0n) is 9.93. The molecule has 1 saturated heterocycles. The minimum Gasteiger partial charge on any atom is -0.301 e. The zero-order chi connectivity index (χ0) is 10.8. The van der Waals surface area contributed by atoms with Crippen LogP contribution in [0.4, 0.5) is 0 Å². The summed E-state index contributed by atoms with van der Waals surface area (Å²) in [5.74, 6) is 0. The first-order valence-electron chi connectivity index (χ1n) is 5.60. The summed E-state index contributed by atoms with van der Waals surface area (Å²) >= 11 is 0. The van der Waals surface area contributed by atoms with Gasteiger partial charge in [0, 0.05) is 19.6 Å². The van der Waals surface area contributed by atoms with Crippen LogP contribution in [0.25, 0.3) is 0 Å². The van der Waals surface area contributed by atoms with Crippen molar-refractivity contribution in [2.24, 2.45) is 10.8 Å². The van der Waals surface area contributed by atoms with Crippen LogP contribution in [0, 0.1) is 22.2 Å². The maximum Gasteiger partial charge on any atom is 0.0697 e. The molecule has 0 spiro atoms. The second-order valence-electron chi connectivity index (χ2n) is 5.35. The molecule has 0 aliphatic carbocycles. The Bertz CT molecular complexity index is 225. The van der Waals surface area contributed by atoms with Crippen LogP contribution in [0.15, 0.2) is 0 Å². The third kappa shape index (κ3) is 2.27. The van der Waals surface area contributed by atoms with Crippen molar-refractivity contribution in [3.05, 3.63) is 0 Å². The van der Waals surface area contributed by atoms with E-state index in [4.69, 9.17) is 5.26 Å². The van der Waals surface area contributed by atoms with Crippen molar-refractivity contribution in [2.75, 3.05) is 19.6 Å². The summed E-state index contributed by atoms with van der Waals surface area (Å²) in [6.07, 6.45) is 2.54. The smallest absolute Gasteiger partial charge is 0.0697 e. The summed E-state index contributed by atoms with van der Waals surface area (Å²) in [4.78, 5) is 2.41. The fraction of sp³-hybridized carbons (Fsp3) is 0.917. The van der Waals surface area contributed by atoms with Crippen LogP contribution >= 0.6 is 0 Å². The van der Waals surface area contributed by atoms with E-state index in [-0.39, 0.29) is 5.41 Å². The van der Waals surface area contributed by atoms with E-state index in [0.717, 1.165) is 6.54 Å². The lowest BCUT2D eigenvalue weighted by molar-refractivity contribution is -0.0203. The third-order valence-electron chi connectivity index (χ3n) is 3.54. The molecule has 0 saturated carbocycles. The van der Waals surface area contributed by atoms with Crippen molar-refractivity contribution in [1.29, 1.82) is 5.26 Å². The molecule has 0 N–H and O–H groups in total. The highest BCUT2D eigenvalue weighted by atomic mass is 15.2. The molecule has 0 aromatic rings. The number of rotatable bonds is 4. The van der Waals surface area contributed by atoms with E-state index in [2.05, 4.69) is 24.8 Å². The van der Waals surface area contributed by atoms with Gasteiger partial charge in [-0.25, -0.2) is 0 Å². The molecule has 0 amide bonds. The number of nitriles is 1. The highest BCUT2D eigenvalue weighted by Crippen LogP contribution is 2.38. The number of nitrogens with zero attached hydrogens (tertiary/aromatic N) is 2. The molecule has 0 atom stereocenters. The van der Waals surface area contributed by atoms with Crippen LogP contribution in [0.1, 0.15) is 40.5 Å². The lowest BCUT2D eigenvalue weighted by atomic mass is 9.74. The van der Waals surface area contributed by atoms with Crippen molar-refractivity contribution in [3.8, 4) is 6.07 Å². The van der Waals surface area contributed by atoms with E-state index in [0.29, 0.717) is 5.41 Å². The van der Waals surface area contributed by atoms with Crippen molar-refractivity contribution in [2.45, 2.75) is 40.5 Å². The molecule has 14 heavy (non-hydrogen) atoms. The normalized spacial score (nSPS) is 21.4. The molecule has 1 aliphatic heterocycles. The summed E-state index contributed by atoms with van der Waals surface area (Å²) < 4.78 is 0. The number of hydrogen-bond acceptors (Lipinski definition) is 2. The molecule has 80 valence electrons. The molecule has 0 aromatic heterocycles. The van der Waals surface area contributed by atoms with Gasteiger partial charge >= 0.3 is 0 Å². The topological polar surface area (TPSA) is 27.0 Å². The number of likely N-dealkylation sites (tertiary alicyclic amines) is 1. The molecule has 1 aliphatic rings. The van der Waals surface area contributed by atoms with Crippen LogP contribution in [0.5, 0.6) is 0 Å². The van der Waals surface area contributed by atoms with Gasteiger partial charge in [-0.15, -0.1) is 0 Å². The molecular formula is C12H22N2. The van der Waals surface area contributed by atoms with Crippen LogP contribution in [0.3, 0.4) is 0 Å². The lowest BCUT2D eigenvalue weighted by Gasteiger charge is -2.51. The van der Waals surface area contributed by atoms with Crippen molar-refractivity contribution >= 4 is 0 Å². The summed E-state index contributed by atoms with van der Waals surface area (Å²) in [5, 5.41) is 8.93. The van der Waals surface area contributed by atoms with Crippen molar-refractivity contribution in [3.63, 3.8) is 0 Å². The first-order valence-corrected chi connectivity index (χ1v) is 5.60.